The van der Waals surface area contributed by atoms with Crippen LogP contribution in [-0.4, -0.2) is 16.5 Å². The minimum Gasteiger partial charge on any atom is -0.370 e. The number of hydrogen-bond acceptors (Lipinski definition) is 4. The van der Waals surface area contributed by atoms with Crippen LogP contribution in [0.5, 0.6) is 0 Å². The SMILES string of the molecule is Cc1cc(NCCc2ccc(F)cc2)nc(Nc2cccc(F)c2)n1. The number of anilines is 3. The quantitative estimate of drug-likeness (QED) is 0.695. The van der Waals surface area contributed by atoms with Gasteiger partial charge in [-0.15, -0.1) is 0 Å². The zero-order valence-electron chi connectivity index (χ0n) is 13.8. The molecule has 0 bridgehead atoms. The lowest BCUT2D eigenvalue weighted by Gasteiger charge is -2.10. The van der Waals surface area contributed by atoms with Crippen molar-refractivity contribution >= 4 is 17.5 Å². The van der Waals surface area contributed by atoms with E-state index in [4.69, 9.17) is 0 Å². The molecule has 0 aliphatic carbocycles. The van der Waals surface area contributed by atoms with Gasteiger partial charge in [0, 0.05) is 24.0 Å². The van der Waals surface area contributed by atoms with Crippen LogP contribution in [0.15, 0.2) is 54.6 Å². The molecule has 128 valence electrons. The highest BCUT2D eigenvalue weighted by Crippen LogP contribution is 2.16. The average Bonchev–Trinajstić information content (AvgIpc) is 2.56. The highest BCUT2D eigenvalue weighted by Gasteiger charge is 2.04. The monoisotopic (exact) mass is 340 g/mol. The van der Waals surface area contributed by atoms with E-state index in [1.807, 2.05) is 13.0 Å². The predicted molar refractivity (Wildman–Crippen MR) is 95.0 cm³/mol. The maximum absolute atomic E-state index is 13.3. The smallest absolute Gasteiger partial charge is 0.229 e. The molecule has 0 amide bonds. The van der Waals surface area contributed by atoms with E-state index in [0.717, 1.165) is 17.7 Å². The van der Waals surface area contributed by atoms with Crippen LogP contribution in [0.1, 0.15) is 11.3 Å². The summed E-state index contributed by atoms with van der Waals surface area (Å²) in [5.74, 6) is 0.509. The Balaban J connectivity index is 1.63. The molecule has 0 fully saturated rings. The molecule has 0 radical (unpaired) electrons. The van der Waals surface area contributed by atoms with Crippen molar-refractivity contribution in [3.05, 3.63) is 77.5 Å². The molecule has 0 saturated carbocycles. The molecule has 0 aliphatic heterocycles. The van der Waals surface area contributed by atoms with Gasteiger partial charge in [0.1, 0.15) is 17.5 Å². The fourth-order valence-electron chi connectivity index (χ4n) is 2.40. The van der Waals surface area contributed by atoms with Crippen LogP contribution in [0.4, 0.5) is 26.2 Å². The highest BCUT2D eigenvalue weighted by atomic mass is 19.1. The first-order chi connectivity index (χ1) is 12.1. The molecule has 25 heavy (non-hydrogen) atoms. The molecule has 3 rings (SSSR count). The third-order valence-corrected chi connectivity index (χ3v) is 3.57. The zero-order valence-corrected chi connectivity index (χ0v) is 13.8. The number of aryl methyl sites for hydroxylation is 1. The van der Waals surface area contributed by atoms with Gasteiger partial charge in [-0.3, -0.25) is 0 Å². The fourth-order valence-corrected chi connectivity index (χ4v) is 2.40. The second kappa shape index (κ2) is 7.70. The van der Waals surface area contributed by atoms with Crippen LogP contribution >= 0.6 is 0 Å². The van der Waals surface area contributed by atoms with Crippen LogP contribution in [0.25, 0.3) is 0 Å². The molecule has 1 heterocycles. The normalized spacial score (nSPS) is 10.5. The van der Waals surface area contributed by atoms with Crippen LogP contribution in [0.2, 0.25) is 0 Å². The van der Waals surface area contributed by atoms with Crippen LogP contribution in [-0.2, 0) is 6.42 Å². The summed E-state index contributed by atoms with van der Waals surface area (Å²) in [7, 11) is 0. The maximum atomic E-state index is 13.3. The van der Waals surface area contributed by atoms with Gasteiger partial charge >= 0.3 is 0 Å². The fraction of sp³-hybridized carbons (Fsp3) is 0.158. The van der Waals surface area contributed by atoms with Crippen molar-refractivity contribution in [2.75, 3.05) is 17.2 Å². The van der Waals surface area contributed by atoms with E-state index in [9.17, 15) is 8.78 Å². The molecule has 2 aromatic carbocycles. The Kier molecular flexibility index (Phi) is 5.18. The Morgan fingerprint density at radius 2 is 1.72 bits per heavy atom. The van der Waals surface area contributed by atoms with E-state index in [2.05, 4.69) is 20.6 Å². The third-order valence-electron chi connectivity index (χ3n) is 3.57. The zero-order chi connectivity index (χ0) is 17.6. The summed E-state index contributed by atoms with van der Waals surface area (Å²) in [5.41, 5.74) is 2.42. The second-order valence-electron chi connectivity index (χ2n) is 5.66. The molecule has 4 nitrogen and oxygen atoms in total. The summed E-state index contributed by atoms with van der Waals surface area (Å²) in [6.45, 7) is 2.52. The summed E-state index contributed by atoms with van der Waals surface area (Å²) >= 11 is 0. The van der Waals surface area contributed by atoms with Gasteiger partial charge in [0.2, 0.25) is 5.95 Å². The molecule has 6 heteroatoms. The van der Waals surface area contributed by atoms with Crippen molar-refractivity contribution in [1.29, 1.82) is 0 Å². The lowest BCUT2D eigenvalue weighted by atomic mass is 10.1. The number of hydrogen-bond donors (Lipinski definition) is 2. The Morgan fingerprint density at radius 1 is 0.920 bits per heavy atom. The number of benzene rings is 2. The maximum Gasteiger partial charge on any atom is 0.229 e. The van der Waals surface area contributed by atoms with Crippen LogP contribution in [0, 0.1) is 18.6 Å². The van der Waals surface area contributed by atoms with Crippen LogP contribution < -0.4 is 10.6 Å². The molecule has 0 spiro atoms. The van der Waals surface area contributed by atoms with Gasteiger partial charge < -0.3 is 10.6 Å². The van der Waals surface area contributed by atoms with E-state index in [-0.39, 0.29) is 11.6 Å². The van der Waals surface area contributed by atoms with Gasteiger partial charge in [0.05, 0.1) is 0 Å². The average molecular weight is 340 g/mol. The number of rotatable bonds is 6. The third kappa shape index (κ3) is 4.97. The van der Waals surface area contributed by atoms with E-state index >= 15 is 0 Å². The van der Waals surface area contributed by atoms with Gasteiger partial charge in [-0.1, -0.05) is 18.2 Å². The molecular weight excluding hydrogens is 322 g/mol. The topological polar surface area (TPSA) is 49.8 Å². The minimum atomic E-state index is -0.324. The van der Waals surface area contributed by atoms with Crippen molar-refractivity contribution in [3.63, 3.8) is 0 Å². The summed E-state index contributed by atoms with van der Waals surface area (Å²) < 4.78 is 26.2. The molecule has 1 aromatic heterocycles. The lowest BCUT2D eigenvalue weighted by Crippen LogP contribution is -2.08. The van der Waals surface area contributed by atoms with Gasteiger partial charge in [-0.25, -0.2) is 13.8 Å². The van der Waals surface area contributed by atoms with E-state index in [1.165, 1.54) is 24.3 Å². The van der Waals surface area contributed by atoms with Crippen molar-refractivity contribution in [1.82, 2.24) is 9.97 Å². The number of nitrogens with zero attached hydrogens (tertiary/aromatic N) is 2. The van der Waals surface area contributed by atoms with E-state index in [1.54, 1.807) is 24.3 Å². The van der Waals surface area contributed by atoms with Gasteiger partial charge in [-0.05, 0) is 49.2 Å². The summed E-state index contributed by atoms with van der Waals surface area (Å²) in [5, 5.41) is 6.22. The van der Waals surface area contributed by atoms with Crippen LogP contribution in [0.3, 0.4) is 0 Å². The Hall–Kier alpha value is -3.02. The minimum absolute atomic E-state index is 0.240. The molecule has 2 N–H and O–H groups in total. The molecule has 0 atom stereocenters. The van der Waals surface area contributed by atoms with E-state index < -0.39 is 0 Å². The van der Waals surface area contributed by atoms with Gasteiger partial charge in [0.25, 0.3) is 0 Å². The molecular formula is C19H18F2N4. The highest BCUT2D eigenvalue weighted by molar-refractivity contribution is 5.55. The molecule has 0 aliphatic rings. The summed E-state index contributed by atoms with van der Waals surface area (Å²) in [6.07, 6.45) is 0.746. The van der Waals surface area contributed by atoms with Gasteiger partial charge in [0.15, 0.2) is 0 Å². The van der Waals surface area contributed by atoms with Crippen molar-refractivity contribution in [2.24, 2.45) is 0 Å². The number of halogens is 2. The lowest BCUT2D eigenvalue weighted by molar-refractivity contribution is 0.627. The first kappa shape index (κ1) is 16.8. The Morgan fingerprint density at radius 3 is 2.48 bits per heavy atom. The second-order valence-corrected chi connectivity index (χ2v) is 5.66. The Bertz CT molecular complexity index is 850. The first-order valence-electron chi connectivity index (χ1n) is 7.95. The van der Waals surface area contributed by atoms with Gasteiger partial charge in [-0.2, -0.15) is 4.98 Å². The number of aromatic nitrogens is 2. The summed E-state index contributed by atoms with van der Waals surface area (Å²) in [4.78, 5) is 8.70. The first-order valence-corrected chi connectivity index (χ1v) is 7.95. The molecule has 0 unspecified atom stereocenters. The van der Waals surface area contributed by atoms with Crippen molar-refractivity contribution < 1.29 is 8.78 Å². The standard InChI is InChI=1S/C19H18F2N4/c1-13-11-18(22-10-9-14-5-7-15(20)8-6-14)25-19(23-13)24-17-4-2-3-16(21)12-17/h2-8,11-12H,9-10H2,1H3,(H2,22,23,24,25). The van der Waals surface area contributed by atoms with E-state index in [0.29, 0.717) is 24.0 Å². The molecule has 0 saturated heterocycles. The summed E-state index contributed by atoms with van der Waals surface area (Å²) in [6, 6.07) is 14.4. The predicted octanol–water partition coefficient (Wildman–Crippen LogP) is 4.46. The largest absolute Gasteiger partial charge is 0.370 e. The van der Waals surface area contributed by atoms with Crippen molar-refractivity contribution in [2.45, 2.75) is 13.3 Å². The van der Waals surface area contributed by atoms with Crippen molar-refractivity contribution in [3.8, 4) is 0 Å². The number of nitrogens with one attached hydrogen (secondary N) is 2. The Labute approximate surface area is 145 Å². The molecule has 3 aromatic rings.